The summed E-state index contributed by atoms with van der Waals surface area (Å²) in [5, 5.41) is 4.28. The van der Waals surface area contributed by atoms with Gasteiger partial charge in [0.25, 0.3) is 0 Å². The number of aryl methyl sites for hydroxylation is 2. The third kappa shape index (κ3) is 2.90. The van der Waals surface area contributed by atoms with E-state index in [2.05, 4.69) is 5.10 Å². The topological polar surface area (TPSA) is 34.9 Å². The van der Waals surface area contributed by atoms with E-state index in [9.17, 15) is 9.18 Å². The van der Waals surface area contributed by atoms with E-state index in [1.54, 1.807) is 10.7 Å². The molecule has 0 aliphatic carbocycles. The number of hydrogen-bond acceptors (Lipinski definition) is 2. The molecule has 2 aromatic rings. The Labute approximate surface area is 122 Å². The van der Waals surface area contributed by atoms with Crippen LogP contribution in [0.4, 0.5) is 4.39 Å². The lowest BCUT2D eigenvalue weighted by atomic mass is 10.1. The number of carbonyl (C=O) groups is 1. The summed E-state index contributed by atoms with van der Waals surface area (Å²) in [6.07, 6.45) is 0.985. The smallest absolute Gasteiger partial charge is 0.170 e. The third-order valence-electron chi connectivity index (χ3n) is 3.17. The van der Waals surface area contributed by atoms with Crippen LogP contribution in [0.2, 0.25) is 5.02 Å². The van der Waals surface area contributed by atoms with Gasteiger partial charge in [0.1, 0.15) is 5.82 Å². The highest BCUT2D eigenvalue weighted by molar-refractivity contribution is 6.34. The first kappa shape index (κ1) is 14.7. The number of benzene rings is 1. The van der Waals surface area contributed by atoms with Crippen LogP contribution in [0.5, 0.6) is 0 Å². The molecule has 0 radical (unpaired) electrons. The van der Waals surface area contributed by atoms with E-state index in [1.165, 1.54) is 12.1 Å². The first-order valence-corrected chi connectivity index (χ1v) is 6.97. The molecule has 0 aliphatic rings. The second kappa shape index (κ2) is 6.18. The van der Waals surface area contributed by atoms with Crippen molar-refractivity contribution in [3.05, 3.63) is 52.1 Å². The zero-order valence-corrected chi connectivity index (χ0v) is 12.2. The van der Waals surface area contributed by atoms with Crippen LogP contribution in [-0.2, 0) is 19.4 Å². The molecule has 20 heavy (non-hydrogen) atoms. The summed E-state index contributed by atoms with van der Waals surface area (Å²) in [6, 6.07) is 6.18. The van der Waals surface area contributed by atoms with E-state index in [4.69, 9.17) is 11.6 Å². The van der Waals surface area contributed by atoms with Crippen molar-refractivity contribution in [1.82, 2.24) is 9.78 Å². The summed E-state index contributed by atoms with van der Waals surface area (Å²) in [7, 11) is 0. The second-order valence-corrected chi connectivity index (χ2v) is 4.88. The van der Waals surface area contributed by atoms with Crippen LogP contribution in [0.25, 0.3) is 0 Å². The number of hydrogen-bond donors (Lipinski definition) is 0. The largest absolute Gasteiger partial charge is 0.294 e. The Hall–Kier alpha value is -1.68. The molecule has 0 bridgehead atoms. The van der Waals surface area contributed by atoms with Crippen LogP contribution >= 0.6 is 11.6 Å². The highest BCUT2D eigenvalue weighted by Gasteiger charge is 2.16. The minimum absolute atomic E-state index is 0.115. The molecule has 5 heteroatoms. The maximum absolute atomic E-state index is 13.4. The van der Waals surface area contributed by atoms with Gasteiger partial charge in [-0.1, -0.05) is 24.6 Å². The van der Waals surface area contributed by atoms with Crippen molar-refractivity contribution in [3.8, 4) is 0 Å². The van der Waals surface area contributed by atoms with Gasteiger partial charge in [0.05, 0.1) is 17.1 Å². The minimum atomic E-state index is -0.573. The second-order valence-electron chi connectivity index (χ2n) is 4.50. The average molecular weight is 295 g/mol. The molecule has 0 spiro atoms. The lowest BCUT2D eigenvalue weighted by Gasteiger charge is -2.06. The maximum Gasteiger partial charge on any atom is 0.170 e. The van der Waals surface area contributed by atoms with Gasteiger partial charge in [-0.3, -0.25) is 9.48 Å². The number of aromatic nitrogens is 2. The van der Waals surface area contributed by atoms with Crippen LogP contribution in [0, 0.1) is 5.82 Å². The van der Waals surface area contributed by atoms with Gasteiger partial charge in [0, 0.05) is 17.8 Å². The Bertz CT molecular complexity index is 637. The van der Waals surface area contributed by atoms with Gasteiger partial charge in [0.2, 0.25) is 0 Å². The first-order valence-electron chi connectivity index (χ1n) is 6.59. The summed E-state index contributed by atoms with van der Waals surface area (Å²) < 4.78 is 15.2. The fraction of sp³-hybridized carbons (Fsp3) is 0.333. The summed E-state index contributed by atoms with van der Waals surface area (Å²) in [5.74, 6) is -0.775. The van der Waals surface area contributed by atoms with E-state index in [0.717, 1.165) is 17.8 Å². The van der Waals surface area contributed by atoms with Crippen LogP contribution < -0.4 is 0 Å². The standard InChI is InChI=1S/C15H16ClFN2O/c1-3-10-8-11(19(4-2)18-10)9-14(20)12-6-5-7-13(17)15(12)16/h5-8H,3-4,9H2,1-2H3. The highest BCUT2D eigenvalue weighted by Crippen LogP contribution is 2.21. The van der Waals surface area contributed by atoms with E-state index < -0.39 is 5.82 Å². The zero-order chi connectivity index (χ0) is 14.7. The number of halogens is 2. The average Bonchev–Trinajstić information content (AvgIpc) is 2.84. The SMILES string of the molecule is CCc1cc(CC(=O)c2cccc(F)c2Cl)n(CC)n1. The molecule has 0 fully saturated rings. The van der Waals surface area contributed by atoms with E-state index >= 15 is 0 Å². The molecular formula is C15H16ClFN2O. The van der Waals surface area contributed by atoms with Crippen molar-refractivity contribution in [2.24, 2.45) is 0 Å². The van der Waals surface area contributed by atoms with Crippen molar-refractivity contribution >= 4 is 17.4 Å². The monoisotopic (exact) mass is 294 g/mol. The Morgan fingerprint density at radius 1 is 1.40 bits per heavy atom. The Kier molecular flexibility index (Phi) is 4.55. The number of nitrogens with zero attached hydrogens (tertiary/aromatic N) is 2. The number of ketones is 1. The van der Waals surface area contributed by atoms with Gasteiger partial charge in [-0.15, -0.1) is 0 Å². The van der Waals surface area contributed by atoms with E-state index in [1.807, 2.05) is 19.9 Å². The Morgan fingerprint density at radius 3 is 2.80 bits per heavy atom. The summed E-state index contributed by atoms with van der Waals surface area (Å²) in [5.41, 5.74) is 1.99. The molecule has 0 saturated carbocycles. The van der Waals surface area contributed by atoms with Crippen molar-refractivity contribution < 1.29 is 9.18 Å². The van der Waals surface area contributed by atoms with Crippen molar-refractivity contribution in [1.29, 1.82) is 0 Å². The van der Waals surface area contributed by atoms with Gasteiger partial charge in [-0.2, -0.15) is 5.10 Å². The Balaban J connectivity index is 2.27. The molecule has 0 amide bonds. The maximum atomic E-state index is 13.4. The molecule has 0 saturated heterocycles. The molecule has 1 heterocycles. The third-order valence-corrected chi connectivity index (χ3v) is 3.55. The summed E-state index contributed by atoms with van der Waals surface area (Å²) in [6.45, 7) is 4.67. The van der Waals surface area contributed by atoms with Gasteiger partial charge in [-0.05, 0) is 31.5 Å². The van der Waals surface area contributed by atoms with Crippen LogP contribution in [0.15, 0.2) is 24.3 Å². The molecule has 0 unspecified atom stereocenters. The molecule has 106 valence electrons. The molecule has 0 aliphatic heterocycles. The number of carbonyl (C=O) groups excluding carboxylic acids is 1. The molecule has 0 N–H and O–H groups in total. The van der Waals surface area contributed by atoms with Crippen molar-refractivity contribution in [2.75, 3.05) is 0 Å². The van der Waals surface area contributed by atoms with Gasteiger partial charge < -0.3 is 0 Å². The number of rotatable bonds is 5. The summed E-state index contributed by atoms with van der Waals surface area (Å²) in [4.78, 5) is 12.3. The molecule has 1 aromatic carbocycles. The van der Waals surface area contributed by atoms with Crippen molar-refractivity contribution in [2.45, 2.75) is 33.2 Å². The van der Waals surface area contributed by atoms with Crippen LogP contribution in [0.1, 0.15) is 35.6 Å². The van der Waals surface area contributed by atoms with Gasteiger partial charge >= 0.3 is 0 Å². The lowest BCUT2D eigenvalue weighted by molar-refractivity contribution is 0.0990. The zero-order valence-electron chi connectivity index (χ0n) is 11.5. The first-order chi connectivity index (χ1) is 9.56. The predicted octanol–water partition coefficient (Wildman–Crippen LogP) is 3.68. The fourth-order valence-corrected chi connectivity index (χ4v) is 2.31. The molecule has 2 rings (SSSR count). The van der Waals surface area contributed by atoms with Gasteiger partial charge in [0.15, 0.2) is 5.78 Å². The Morgan fingerprint density at radius 2 is 2.15 bits per heavy atom. The minimum Gasteiger partial charge on any atom is -0.294 e. The molecule has 3 nitrogen and oxygen atoms in total. The fourth-order valence-electron chi connectivity index (χ4n) is 2.08. The lowest BCUT2D eigenvalue weighted by Crippen LogP contribution is -2.10. The normalized spacial score (nSPS) is 10.8. The van der Waals surface area contributed by atoms with E-state index in [-0.39, 0.29) is 22.8 Å². The van der Waals surface area contributed by atoms with Crippen LogP contribution in [-0.4, -0.2) is 15.6 Å². The molecule has 1 aromatic heterocycles. The number of Topliss-reactive ketones (excluding diaryl/α,β-unsaturated/α-hetero) is 1. The van der Waals surface area contributed by atoms with Crippen LogP contribution in [0.3, 0.4) is 0 Å². The van der Waals surface area contributed by atoms with Gasteiger partial charge in [-0.25, -0.2) is 4.39 Å². The summed E-state index contributed by atoms with van der Waals surface area (Å²) >= 11 is 5.84. The molecular weight excluding hydrogens is 279 g/mol. The van der Waals surface area contributed by atoms with Crippen molar-refractivity contribution in [3.63, 3.8) is 0 Å². The highest BCUT2D eigenvalue weighted by atomic mass is 35.5. The molecule has 0 atom stereocenters. The quantitative estimate of drug-likeness (QED) is 0.788. The van der Waals surface area contributed by atoms with E-state index in [0.29, 0.717) is 6.54 Å². The predicted molar refractivity (Wildman–Crippen MR) is 76.7 cm³/mol.